The van der Waals surface area contributed by atoms with Gasteiger partial charge in [-0.25, -0.2) is 0 Å². The lowest BCUT2D eigenvalue weighted by Crippen LogP contribution is -2.34. The van der Waals surface area contributed by atoms with Gasteiger partial charge in [0.15, 0.2) is 5.84 Å². The lowest BCUT2D eigenvalue weighted by atomic mass is 10.2. The number of aliphatic imine (C=N–C) groups is 2. The molecule has 4 N–H and O–H groups in total. The molecule has 5 heteroatoms. The predicted molar refractivity (Wildman–Crippen MR) is 76.6 cm³/mol. The summed E-state index contributed by atoms with van der Waals surface area (Å²) >= 11 is 0. The fourth-order valence-electron chi connectivity index (χ4n) is 1.35. The zero-order valence-corrected chi connectivity index (χ0v) is 10.4. The number of terminal acetylenes is 1. The number of nitrogens with zero attached hydrogens (tertiary/aromatic N) is 2. The second-order valence-electron chi connectivity index (χ2n) is 3.41. The molecule has 92 valence electrons. The van der Waals surface area contributed by atoms with Crippen molar-refractivity contribution >= 4 is 23.1 Å². The van der Waals surface area contributed by atoms with E-state index in [1.807, 2.05) is 18.2 Å². The summed E-state index contributed by atoms with van der Waals surface area (Å²) in [6.07, 6.45) is 5.31. The summed E-state index contributed by atoms with van der Waals surface area (Å²) in [4.78, 5) is 7.74. The number of hydrogen-bond donors (Lipinski definition) is 3. The summed E-state index contributed by atoms with van der Waals surface area (Å²) in [6, 6.07) is 7.19. The Labute approximate surface area is 106 Å². The number of nitrogens with two attached hydrogens (primary N) is 1. The fourth-order valence-corrected chi connectivity index (χ4v) is 1.35. The van der Waals surface area contributed by atoms with Crippen LogP contribution in [-0.2, 0) is 0 Å². The van der Waals surface area contributed by atoms with Gasteiger partial charge in [0, 0.05) is 25.3 Å². The third kappa shape index (κ3) is 3.19. The minimum Gasteiger partial charge on any atom is -0.382 e. The van der Waals surface area contributed by atoms with E-state index in [1.165, 1.54) is 0 Å². The lowest BCUT2D eigenvalue weighted by Gasteiger charge is -2.10. The van der Waals surface area contributed by atoms with Crippen molar-refractivity contribution in [3.8, 4) is 12.3 Å². The monoisotopic (exact) mass is 241 g/mol. The molecule has 0 aliphatic carbocycles. The van der Waals surface area contributed by atoms with Crippen molar-refractivity contribution in [1.29, 1.82) is 5.41 Å². The predicted octanol–water partition coefficient (Wildman–Crippen LogP) is 1.11. The highest BCUT2D eigenvalue weighted by molar-refractivity contribution is 6.68. The molecule has 0 unspecified atom stereocenters. The van der Waals surface area contributed by atoms with Crippen LogP contribution >= 0.6 is 0 Å². The summed E-state index contributed by atoms with van der Waals surface area (Å²) in [6.45, 7) is 0. The van der Waals surface area contributed by atoms with Crippen molar-refractivity contribution in [2.24, 2.45) is 15.7 Å². The Morgan fingerprint density at radius 3 is 2.67 bits per heavy atom. The largest absolute Gasteiger partial charge is 0.382 e. The number of nitrogens with one attached hydrogen (secondary N) is 2. The van der Waals surface area contributed by atoms with Crippen molar-refractivity contribution < 1.29 is 0 Å². The Morgan fingerprint density at radius 1 is 1.39 bits per heavy atom. The van der Waals surface area contributed by atoms with Gasteiger partial charge in [-0.3, -0.25) is 15.4 Å². The summed E-state index contributed by atoms with van der Waals surface area (Å²) < 4.78 is 0. The van der Waals surface area contributed by atoms with Crippen LogP contribution in [0.1, 0.15) is 5.56 Å². The second-order valence-corrected chi connectivity index (χ2v) is 3.41. The van der Waals surface area contributed by atoms with Crippen LogP contribution in [0.2, 0.25) is 0 Å². The molecule has 0 aliphatic rings. The first kappa shape index (κ1) is 13.5. The maximum Gasteiger partial charge on any atom is 0.152 e. The van der Waals surface area contributed by atoms with Gasteiger partial charge in [-0.05, 0) is 18.2 Å². The standard InChI is InChI=1S/C13H15N5/c1-4-9-6-5-7-10(8-9)18-13(15)11(16-2)12(14)17-3/h1,5-8H,2-3H3,(H2,14,17)(H2,15,18)/b16-11+. The van der Waals surface area contributed by atoms with Gasteiger partial charge in [0.1, 0.15) is 11.5 Å². The first-order valence-corrected chi connectivity index (χ1v) is 5.24. The van der Waals surface area contributed by atoms with E-state index in [4.69, 9.17) is 17.6 Å². The van der Waals surface area contributed by atoms with Gasteiger partial charge in [-0.2, -0.15) is 0 Å². The minimum absolute atomic E-state index is 0.0785. The molecule has 0 aliphatic heterocycles. The van der Waals surface area contributed by atoms with E-state index in [1.54, 1.807) is 20.2 Å². The summed E-state index contributed by atoms with van der Waals surface area (Å²) in [5.74, 6) is 2.82. The molecule has 1 aromatic carbocycles. The number of anilines is 1. The molecule has 0 fully saturated rings. The van der Waals surface area contributed by atoms with Gasteiger partial charge >= 0.3 is 0 Å². The molecule has 0 saturated heterocycles. The normalized spacial score (nSPS) is 11.8. The third-order valence-corrected chi connectivity index (χ3v) is 2.24. The van der Waals surface area contributed by atoms with Gasteiger partial charge in [-0.1, -0.05) is 12.0 Å². The fraction of sp³-hybridized carbons (Fsp3) is 0.154. The van der Waals surface area contributed by atoms with Crippen molar-refractivity contribution in [3.63, 3.8) is 0 Å². The highest BCUT2D eigenvalue weighted by atomic mass is 15.0. The maximum atomic E-state index is 7.89. The van der Waals surface area contributed by atoms with Gasteiger partial charge in [-0.15, -0.1) is 6.42 Å². The van der Waals surface area contributed by atoms with E-state index in [2.05, 4.69) is 21.2 Å². The Hall–Kier alpha value is -2.61. The van der Waals surface area contributed by atoms with Gasteiger partial charge in [0.2, 0.25) is 0 Å². The van der Waals surface area contributed by atoms with E-state index in [-0.39, 0.29) is 11.7 Å². The van der Waals surface area contributed by atoms with Crippen molar-refractivity contribution in [2.75, 3.05) is 19.4 Å². The Kier molecular flexibility index (Phi) is 4.64. The Morgan fingerprint density at radius 2 is 2.11 bits per heavy atom. The van der Waals surface area contributed by atoms with Crippen LogP contribution < -0.4 is 11.1 Å². The third-order valence-electron chi connectivity index (χ3n) is 2.24. The topological polar surface area (TPSA) is 86.6 Å². The average Bonchev–Trinajstić information content (AvgIpc) is 2.39. The van der Waals surface area contributed by atoms with Crippen LogP contribution in [-0.4, -0.2) is 31.5 Å². The van der Waals surface area contributed by atoms with Gasteiger partial charge in [0.25, 0.3) is 0 Å². The Bertz CT molecular complexity index is 549. The zero-order valence-electron chi connectivity index (χ0n) is 10.4. The Balaban J connectivity index is 2.91. The summed E-state index contributed by atoms with van der Waals surface area (Å²) in [5, 5.41) is 10.8. The minimum atomic E-state index is 0.0785. The molecule has 0 atom stereocenters. The van der Waals surface area contributed by atoms with E-state index in [9.17, 15) is 0 Å². The highest BCUT2D eigenvalue weighted by Crippen LogP contribution is 2.09. The van der Waals surface area contributed by atoms with Gasteiger partial charge in [0.05, 0.1) is 0 Å². The molecule has 1 aromatic rings. The molecule has 5 nitrogen and oxygen atoms in total. The molecule has 0 amide bonds. The molecule has 0 radical (unpaired) electrons. The molecule has 0 heterocycles. The molecular weight excluding hydrogens is 226 g/mol. The van der Waals surface area contributed by atoms with Crippen LogP contribution in [0.25, 0.3) is 0 Å². The first-order valence-electron chi connectivity index (χ1n) is 5.24. The van der Waals surface area contributed by atoms with Crippen LogP contribution in [0.15, 0.2) is 34.3 Å². The van der Waals surface area contributed by atoms with E-state index < -0.39 is 0 Å². The molecule has 0 spiro atoms. The van der Waals surface area contributed by atoms with E-state index in [0.717, 1.165) is 5.56 Å². The number of amidine groups is 2. The van der Waals surface area contributed by atoms with E-state index in [0.29, 0.717) is 11.4 Å². The molecule has 18 heavy (non-hydrogen) atoms. The van der Waals surface area contributed by atoms with Crippen LogP contribution in [0.3, 0.4) is 0 Å². The first-order chi connectivity index (χ1) is 8.62. The van der Waals surface area contributed by atoms with Crippen molar-refractivity contribution in [3.05, 3.63) is 29.8 Å². The number of hydrogen-bond acceptors (Lipinski definition) is 3. The molecule has 1 rings (SSSR count). The lowest BCUT2D eigenvalue weighted by molar-refractivity contribution is 1.39. The van der Waals surface area contributed by atoms with Gasteiger partial charge < -0.3 is 11.1 Å². The highest BCUT2D eigenvalue weighted by Gasteiger charge is 2.10. The number of rotatable bonds is 3. The van der Waals surface area contributed by atoms with Crippen LogP contribution in [0, 0.1) is 17.8 Å². The van der Waals surface area contributed by atoms with Crippen molar-refractivity contribution in [2.45, 2.75) is 0 Å². The van der Waals surface area contributed by atoms with E-state index >= 15 is 0 Å². The SMILES string of the molecule is C#Cc1cccc(NC(=N)C(=N/C)/C(N)=N\C)c1. The molecule has 0 saturated carbocycles. The van der Waals surface area contributed by atoms with Crippen molar-refractivity contribution in [1.82, 2.24) is 0 Å². The zero-order chi connectivity index (χ0) is 13.5. The molecule has 0 aromatic heterocycles. The average molecular weight is 241 g/mol. The maximum absolute atomic E-state index is 7.89. The molecular formula is C13H15N5. The number of benzene rings is 1. The smallest absolute Gasteiger partial charge is 0.152 e. The summed E-state index contributed by atoms with van der Waals surface area (Å²) in [7, 11) is 3.11. The summed E-state index contributed by atoms with van der Waals surface area (Å²) in [5.41, 5.74) is 7.40. The quantitative estimate of drug-likeness (QED) is 0.420. The van der Waals surface area contributed by atoms with Crippen LogP contribution in [0.5, 0.6) is 0 Å². The second kappa shape index (κ2) is 6.21. The molecule has 0 bridgehead atoms. The van der Waals surface area contributed by atoms with Crippen LogP contribution in [0.4, 0.5) is 5.69 Å².